The molecular formula is C25H32F4N4O5Si. The zero-order chi connectivity index (χ0) is 28.5. The highest BCUT2D eigenvalue weighted by molar-refractivity contribution is 6.76. The van der Waals surface area contributed by atoms with Gasteiger partial charge < -0.3 is 24.4 Å². The molecule has 2 aliphatic rings. The van der Waals surface area contributed by atoms with Gasteiger partial charge in [0, 0.05) is 64.8 Å². The van der Waals surface area contributed by atoms with Gasteiger partial charge in [-0.05, 0) is 18.2 Å². The minimum absolute atomic E-state index is 0.114. The van der Waals surface area contributed by atoms with Gasteiger partial charge in [0.15, 0.2) is 0 Å². The van der Waals surface area contributed by atoms with Crippen LogP contribution in [0.5, 0.6) is 5.75 Å². The Morgan fingerprint density at radius 1 is 1.15 bits per heavy atom. The Kier molecular flexibility index (Phi) is 8.26. The standard InChI is InChI=1S/C25H32F4N4O5Si/c1-39(2,3)11-10-37-15-33-23(34)22(25(27,28)29)20(12-30-33)32-13-17-18(14-32)21(5-4-19(17)26)38-16-6-8-31(9-7-16)24(35)36/h4-5,12,16H,6-11,13-15H2,1-3H3,(H,35,36). The Morgan fingerprint density at radius 3 is 2.44 bits per heavy atom. The van der Waals surface area contributed by atoms with Gasteiger partial charge in [-0.25, -0.2) is 13.9 Å². The summed E-state index contributed by atoms with van der Waals surface area (Å²) in [4.78, 5) is 26.6. The number of aromatic nitrogens is 2. The van der Waals surface area contributed by atoms with Crippen LogP contribution in [0.4, 0.5) is 28.0 Å². The van der Waals surface area contributed by atoms with E-state index in [1.165, 1.54) is 21.9 Å². The van der Waals surface area contributed by atoms with Gasteiger partial charge in [0.2, 0.25) is 0 Å². The molecule has 14 heteroatoms. The van der Waals surface area contributed by atoms with Crippen LogP contribution in [0.15, 0.2) is 23.1 Å². The summed E-state index contributed by atoms with van der Waals surface area (Å²) in [6.45, 7) is 6.56. The van der Waals surface area contributed by atoms with Crippen LogP contribution < -0.4 is 15.2 Å². The lowest BCUT2D eigenvalue weighted by Gasteiger charge is -2.30. The second kappa shape index (κ2) is 11.2. The van der Waals surface area contributed by atoms with Gasteiger partial charge in [-0.2, -0.15) is 18.3 Å². The van der Waals surface area contributed by atoms with Gasteiger partial charge in [0.25, 0.3) is 5.56 Å². The Balaban J connectivity index is 1.55. The van der Waals surface area contributed by atoms with Crippen LogP contribution >= 0.6 is 0 Å². The normalized spacial score (nSPS) is 16.5. The number of rotatable bonds is 8. The van der Waals surface area contributed by atoms with Gasteiger partial charge in [-0.1, -0.05) is 19.6 Å². The first kappa shape index (κ1) is 28.9. The van der Waals surface area contributed by atoms with Crippen LogP contribution in [0.2, 0.25) is 25.7 Å². The van der Waals surface area contributed by atoms with E-state index in [-0.39, 0.29) is 37.8 Å². The quantitative estimate of drug-likeness (QED) is 0.277. The zero-order valence-corrected chi connectivity index (χ0v) is 23.1. The number of likely N-dealkylation sites (tertiary alicyclic amines) is 1. The molecule has 4 rings (SSSR count). The van der Waals surface area contributed by atoms with E-state index in [4.69, 9.17) is 14.6 Å². The maximum atomic E-state index is 14.7. The molecule has 1 amide bonds. The van der Waals surface area contributed by atoms with Crippen LogP contribution in [-0.2, 0) is 30.7 Å². The largest absolute Gasteiger partial charge is 0.490 e. The SMILES string of the molecule is C[Si](C)(C)CCOCn1ncc(N2Cc3c(F)ccc(OC4CCN(C(=O)O)CC4)c3C2)c(C(F)(F)F)c1=O. The van der Waals surface area contributed by atoms with E-state index < -0.39 is 49.7 Å². The molecule has 1 fully saturated rings. The molecule has 0 spiro atoms. The number of ether oxygens (including phenoxy) is 2. The summed E-state index contributed by atoms with van der Waals surface area (Å²) >= 11 is 0. The monoisotopic (exact) mass is 572 g/mol. The van der Waals surface area contributed by atoms with Crippen molar-refractivity contribution in [2.24, 2.45) is 0 Å². The number of nitrogens with zero attached hydrogens (tertiary/aromatic N) is 4. The molecule has 1 aromatic heterocycles. The molecule has 1 aromatic carbocycles. The van der Waals surface area contributed by atoms with Crippen LogP contribution in [-0.4, -0.2) is 59.8 Å². The summed E-state index contributed by atoms with van der Waals surface area (Å²) in [5.41, 5.74) is -2.58. The molecule has 214 valence electrons. The van der Waals surface area contributed by atoms with E-state index in [1.54, 1.807) is 0 Å². The third-order valence-corrected chi connectivity index (χ3v) is 8.60. The van der Waals surface area contributed by atoms with Gasteiger partial charge in [-0.3, -0.25) is 4.79 Å². The van der Waals surface area contributed by atoms with Crippen molar-refractivity contribution in [1.29, 1.82) is 0 Å². The Hall–Kier alpha value is -3.13. The fourth-order valence-corrected chi connectivity index (χ4v) is 5.41. The molecule has 2 aromatic rings. The first-order valence-corrected chi connectivity index (χ1v) is 16.4. The van der Waals surface area contributed by atoms with Gasteiger partial charge >= 0.3 is 12.3 Å². The molecule has 0 unspecified atom stereocenters. The maximum absolute atomic E-state index is 14.7. The second-order valence-electron chi connectivity index (χ2n) is 11.0. The highest BCUT2D eigenvalue weighted by Crippen LogP contribution is 2.40. The van der Waals surface area contributed by atoms with E-state index in [2.05, 4.69) is 24.7 Å². The predicted molar refractivity (Wildman–Crippen MR) is 137 cm³/mol. The summed E-state index contributed by atoms with van der Waals surface area (Å²) in [5.74, 6) is -0.264. The lowest BCUT2D eigenvalue weighted by Crippen LogP contribution is -2.41. The summed E-state index contributed by atoms with van der Waals surface area (Å²) in [6, 6.07) is 3.41. The molecule has 3 heterocycles. The van der Waals surface area contributed by atoms with Gasteiger partial charge in [-0.15, -0.1) is 0 Å². The number of alkyl halides is 3. The summed E-state index contributed by atoms with van der Waals surface area (Å²) in [5, 5.41) is 13.1. The van der Waals surface area contributed by atoms with Gasteiger partial charge in [0.05, 0.1) is 11.9 Å². The van der Waals surface area contributed by atoms with Crippen molar-refractivity contribution < 1.29 is 36.9 Å². The lowest BCUT2D eigenvalue weighted by molar-refractivity contribution is -0.138. The third kappa shape index (κ3) is 6.72. The Bertz CT molecular complexity index is 1270. The van der Waals surface area contributed by atoms with E-state index in [0.717, 1.165) is 12.2 Å². The van der Waals surface area contributed by atoms with Crippen molar-refractivity contribution in [1.82, 2.24) is 14.7 Å². The number of amides is 1. The number of halogens is 4. The number of hydrogen-bond acceptors (Lipinski definition) is 6. The van der Waals surface area contributed by atoms with E-state index >= 15 is 0 Å². The fourth-order valence-electron chi connectivity index (χ4n) is 4.66. The van der Waals surface area contributed by atoms with Crippen LogP contribution in [0.1, 0.15) is 29.5 Å². The summed E-state index contributed by atoms with van der Waals surface area (Å²) in [6.07, 6.45) is -4.47. The van der Waals surface area contributed by atoms with Crippen LogP contribution in [0.25, 0.3) is 0 Å². The van der Waals surface area contributed by atoms with Crippen molar-refractivity contribution in [3.8, 4) is 5.75 Å². The average Bonchev–Trinajstić information content (AvgIpc) is 3.30. The molecule has 0 aliphatic carbocycles. The maximum Gasteiger partial charge on any atom is 0.423 e. The van der Waals surface area contributed by atoms with E-state index in [0.29, 0.717) is 35.4 Å². The van der Waals surface area contributed by atoms with Gasteiger partial charge in [0.1, 0.15) is 30.0 Å². The van der Waals surface area contributed by atoms with Crippen molar-refractivity contribution in [2.75, 3.05) is 24.6 Å². The number of fused-ring (bicyclic) bond motifs is 1. The summed E-state index contributed by atoms with van der Waals surface area (Å²) in [7, 11) is -1.43. The molecule has 0 bridgehead atoms. The molecular weight excluding hydrogens is 540 g/mol. The fraction of sp³-hybridized carbons (Fsp3) is 0.560. The minimum Gasteiger partial charge on any atom is -0.490 e. The number of hydrogen-bond donors (Lipinski definition) is 1. The Labute approximate surface area is 223 Å². The number of anilines is 1. The lowest BCUT2D eigenvalue weighted by atomic mass is 10.1. The molecule has 0 saturated carbocycles. The first-order chi connectivity index (χ1) is 18.2. The van der Waals surface area contributed by atoms with E-state index in [9.17, 15) is 27.2 Å². The smallest absolute Gasteiger partial charge is 0.423 e. The molecule has 0 atom stereocenters. The van der Waals surface area contributed by atoms with Crippen molar-refractivity contribution in [3.63, 3.8) is 0 Å². The zero-order valence-electron chi connectivity index (χ0n) is 22.1. The molecule has 9 nitrogen and oxygen atoms in total. The molecule has 1 saturated heterocycles. The van der Waals surface area contributed by atoms with Crippen LogP contribution in [0.3, 0.4) is 0 Å². The minimum atomic E-state index is -4.97. The topological polar surface area (TPSA) is 97.1 Å². The van der Waals surface area contributed by atoms with Crippen LogP contribution in [0, 0.1) is 5.82 Å². The second-order valence-corrected chi connectivity index (χ2v) is 16.6. The highest BCUT2D eigenvalue weighted by atomic mass is 28.3. The predicted octanol–water partition coefficient (Wildman–Crippen LogP) is 4.75. The van der Waals surface area contributed by atoms with E-state index in [1.807, 2.05) is 0 Å². The van der Waals surface area contributed by atoms with Crippen molar-refractivity contribution in [2.45, 2.75) is 70.6 Å². The number of carbonyl (C=O) groups is 1. The number of benzene rings is 1. The highest BCUT2D eigenvalue weighted by Gasteiger charge is 2.41. The molecule has 2 aliphatic heterocycles. The Morgan fingerprint density at radius 2 is 1.82 bits per heavy atom. The van der Waals surface area contributed by atoms with Crippen molar-refractivity contribution in [3.05, 3.63) is 51.2 Å². The molecule has 1 N–H and O–H groups in total. The van der Waals surface area contributed by atoms with Crippen molar-refractivity contribution >= 4 is 19.9 Å². The first-order valence-electron chi connectivity index (χ1n) is 12.7. The summed E-state index contributed by atoms with van der Waals surface area (Å²) < 4.78 is 69.3. The number of piperidine rings is 1. The molecule has 0 radical (unpaired) electrons. The average molecular weight is 573 g/mol. The number of carboxylic acid groups (broad SMARTS) is 1. The molecule has 39 heavy (non-hydrogen) atoms. The third-order valence-electron chi connectivity index (χ3n) is 6.89.